The largest absolute Gasteiger partial charge is 0.497 e. The van der Waals surface area contributed by atoms with E-state index in [0.717, 1.165) is 47.4 Å². The third-order valence-corrected chi connectivity index (χ3v) is 7.34. The van der Waals surface area contributed by atoms with E-state index in [1.54, 1.807) is 37.8 Å². The van der Waals surface area contributed by atoms with Crippen molar-refractivity contribution in [3.05, 3.63) is 52.3 Å². The maximum atomic E-state index is 12.6. The zero-order chi connectivity index (χ0) is 22.8. The van der Waals surface area contributed by atoms with Gasteiger partial charge in [-0.25, -0.2) is 13.6 Å². The van der Waals surface area contributed by atoms with Gasteiger partial charge in [-0.1, -0.05) is 0 Å². The fourth-order valence-electron chi connectivity index (χ4n) is 4.62. The number of methoxy groups -OCH3 is 1. The van der Waals surface area contributed by atoms with Crippen molar-refractivity contribution in [2.45, 2.75) is 30.7 Å². The molecule has 1 fully saturated rings. The standard InChI is InChI=1S/C23H26N4O4S/c1-14-10-18-20(25(2)23(14)28)11-16(31-3)12-21(18)27-9-8-26(15-4-5-15)19-7-6-17(13-22(19)27)32(24,29)30/h6-7,10-13,15H,4-5,8-9H2,1-3H3,(H2,24,29,30). The predicted octanol–water partition coefficient (Wildman–Crippen LogP) is 2.62. The molecule has 0 bridgehead atoms. The molecule has 1 saturated carbocycles. The van der Waals surface area contributed by atoms with Crippen LogP contribution in [0.4, 0.5) is 17.1 Å². The van der Waals surface area contributed by atoms with Crippen LogP contribution in [0.2, 0.25) is 0 Å². The Hall–Kier alpha value is -3.04. The van der Waals surface area contributed by atoms with Crippen LogP contribution in [0.15, 0.2) is 46.1 Å². The molecule has 2 heterocycles. The Kier molecular flexibility index (Phi) is 4.72. The lowest BCUT2D eigenvalue weighted by Gasteiger charge is -2.40. The van der Waals surface area contributed by atoms with Crippen molar-refractivity contribution >= 4 is 38.0 Å². The second-order valence-corrected chi connectivity index (χ2v) is 10.1. The van der Waals surface area contributed by atoms with Gasteiger partial charge in [0.2, 0.25) is 10.0 Å². The fraction of sp³-hybridized carbons (Fsp3) is 0.348. The number of aromatic nitrogens is 1. The predicted molar refractivity (Wildman–Crippen MR) is 126 cm³/mol. The van der Waals surface area contributed by atoms with Crippen molar-refractivity contribution in [1.29, 1.82) is 0 Å². The number of nitrogens with two attached hydrogens (primary N) is 1. The monoisotopic (exact) mass is 454 g/mol. The average Bonchev–Trinajstić information content (AvgIpc) is 3.61. The molecular weight excluding hydrogens is 428 g/mol. The Bertz CT molecular complexity index is 1410. The summed E-state index contributed by atoms with van der Waals surface area (Å²) in [6.07, 6.45) is 2.28. The van der Waals surface area contributed by atoms with Gasteiger partial charge in [0.05, 0.1) is 34.6 Å². The number of anilines is 3. The van der Waals surface area contributed by atoms with E-state index in [9.17, 15) is 13.2 Å². The Labute approximate surface area is 186 Å². The van der Waals surface area contributed by atoms with E-state index < -0.39 is 10.0 Å². The first-order chi connectivity index (χ1) is 15.2. The van der Waals surface area contributed by atoms with E-state index >= 15 is 0 Å². The van der Waals surface area contributed by atoms with E-state index in [1.807, 2.05) is 24.3 Å². The summed E-state index contributed by atoms with van der Waals surface area (Å²) in [5, 5.41) is 6.36. The van der Waals surface area contributed by atoms with Gasteiger partial charge in [0, 0.05) is 49.3 Å². The number of aryl methyl sites for hydroxylation is 2. The molecule has 0 saturated heterocycles. The van der Waals surface area contributed by atoms with Crippen molar-refractivity contribution in [3.8, 4) is 5.75 Å². The number of pyridine rings is 1. The first kappa shape index (κ1) is 20.8. The Balaban J connectivity index is 1.78. The van der Waals surface area contributed by atoms with Gasteiger partial charge in [0.25, 0.3) is 5.56 Å². The van der Waals surface area contributed by atoms with Crippen LogP contribution in [0, 0.1) is 6.92 Å². The molecule has 0 spiro atoms. The van der Waals surface area contributed by atoms with E-state index in [2.05, 4.69) is 9.80 Å². The topological polar surface area (TPSA) is 97.9 Å². The summed E-state index contributed by atoms with van der Waals surface area (Å²) in [6.45, 7) is 3.28. The first-order valence-corrected chi connectivity index (χ1v) is 12.1. The minimum Gasteiger partial charge on any atom is -0.497 e. The second kappa shape index (κ2) is 7.25. The van der Waals surface area contributed by atoms with Crippen LogP contribution in [0.5, 0.6) is 5.75 Å². The number of primary sulfonamides is 1. The van der Waals surface area contributed by atoms with E-state index in [4.69, 9.17) is 9.88 Å². The van der Waals surface area contributed by atoms with Gasteiger partial charge in [-0.05, 0) is 44.0 Å². The highest BCUT2D eigenvalue weighted by Crippen LogP contribution is 2.45. The van der Waals surface area contributed by atoms with Crippen LogP contribution in [-0.2, 0) is 17.1 Å². The number of hydrogen-bond donors (Lipinski definition) is 1. The fourth-order valence-corrected chi connectivity index (χ4v) is 5.15. The molecule has 0 unspecified atom stereocenters. The quantitative estimate of drug-likeness (QED) is 0.651. The number of sulfonamides is 1. The lowest BCUT2D eigenvalue weighted by Crippen LogP contribution is -2.40. The average molecular weight is 455 g/mol. The minimum atomic E-state index is -3.85. The van der Waals surface area contributed by atoms with Crippen molar-refractivity contribution in [2.75, 3.05) is 30.0 Å². The van der Waals surface area contributed by atoms with E-state index in [-0.39, 0.29) is 10.5 Å². The first-order valence-electron chi connectivity index (χ1n) is 10.6. The maximum Gasteiger partial charge on any atom is 0.253 e. The Morgan fingerprint density at radius 3 is 2.44 bits per heavy atom. The summed E-state index contributed by atoms with van der Waals surface area (Å²) in [5.74, 6) is 0.625. The van der Waals surface area contributed by atoms with Crippen LogP contribution < -0.4 is 25.2 Å². The number of benzene rings is 2. The van der Waals surface area contributed by atoms with Crippen molar-refractivity contribution in [3.63, 3.8) is 0 Å². The van der Waals surface area contributed by atoms with Gasteiger partial charge in [0.1, 0.15) is 5.75 Å². The summed E-state index contributed by atoms with van der Waals surface area (Å²) in [4.78, 5) is 17.1. The van der Waals surface area contributed by atoms with Crippen LogP contribution in [0.25, 0.3) is 10.9 Å². The number of nitrogens with zero attached hydrogens (tertiary/aromatic N) is 3. The van der Waals surface area contributed by atoms with Crippen LogP contribution in [0.3, 0.4) is 0 Å². The molecule has 0 atom stereocenters. The summed E-state index contributed by atoms with van der Waals surface area (Å²) < 4.78 is 31.4. The lowest BCUT2D eigenvalue weighted by atomic mass is 10.1. The lowest BCUT2D eigenvalue weighted by molar-refractivity contribution is 0.415. The maximum absolute atomic E-state index is 12.6. The second-order valence-electron chi connectivity index (χ2n) is 8.54. The SMILES string of the molecule is COc1cc(N2CCN(C3CC3)c3ccc(S(N)(=O)=O)cc32)c2cc(C)c(=O)n(C)c2c1. The van der Waals surface area contributed by atoms with Crippen LogP contribution in [0.1, 0.15) is 18.4 Å². The Morgan fingerprint density at radius 1 is 1.03 bits per heavy atom. The summed E-state index contributed by atoms with van der Waals surface area (Å²) in [7, 11) is -0.512. The van der Waals surface area contributed by atoms with Gasteiger partial charge < -0.3 is 19.1 Å². The number of ether oxygens (including phenoxy) is 1. The highest BCUT2D eigenvalue weighted by Gasteiger charge is 2.35. The Morgan fingerprint density at radius 2 is 1.78 bits per heavy atom. The van der Waals surface area contributed by atoms with Crippen molar-refractivity contribution < 1.29 is 13.2 Å². The molecule has 3 aromatic rings. The molecule has 1 aliphatic carbocycles. The van der Waals surface area contributed by atoms with E-state index in [1.165, 1.54) is 0 Å². The molecule has 2 aromatic carbocycles. The van der Waals surface area contributed by atoms with Gasteiger partial charge in [-0.15, -0.1) is 0 Å². The van der Waals surface area contributed by atoms with E-state index in [0.29, 0.717) is 23.9 Å². The van der Waals surface area contributed by atoms with Crippen molar-refractivity contribution in [2.24, 2.45) is 12.2 Å². The summed E-state index contributed by atoms with van der Waals surface area (Å²) >= 11 is 0. The molecule has 0 amide bonds. The minimum absolute atomic E-state index is 0.0628. The molecular formula is C23H26N4O4S. The third-order valence-electron chi connectivity index (χ3n) is 6.43. The van der Waals surface area contributed by atoms with Gasteiger partial charge in [0.15, 0.2) is 0 Å². The molecule has 5 rings (SSSR count). The molecule has 9 heteroatoms. The number of fused-ring (bicyclic) bond motifs is 2. The third kappa shape index (κ3) is 3.32. The molecule has 1 aromatic heterocycles. The summed E-state index contributed by atoms with van der Waals surface area (Å²) in [5.41, 5.74) is 3.97. The highest BCUT2D eigenvalue weighted by molar-refractivity contribution is 7.89. The summed E-state index contributed by atoms with van der Waals surface area (Å²) in [6, 6.07) is 11.2. The zero-order valence-electron chi connectivity index (χ0n) is 18.3. The smallest absolute Gasteiger partial charge is 0.253 e. The van der Waals surface area contributed by atoms with Crippen molar-refractivity contribution in [1.82, 2.24) is 4.57 Å². The zero-order valence-corrected chi connectivity index (χ0v) is 19.1. The molecule has 168 valence electrons. The molecule has 32 heavy (non-hydrogen) atoms. The van der Waals surface area contributed by atoms with Gasteiger partial charge >= 0.3 is 0 Å². The molecule has 1 aliphatic heterocycles. The van der Waals surface area contributed by atoms with Gasteiger partial charge in [-0.2, -0.15) is 0 Å². The highest BCUT2D eigenvalue weighted by atomic mass is 32.2. The number of hydrogen-bond acceptors (Lipinski definition) is 6. The molecule has 2 N–H and O–H groups in total. The molecule has 8 nitrogen and oxygen atoms in total. The molecule has 0 radical (unpaired) electrons. The number of rotatable bonds is 4. The molecule has 2 aliphatic rings. The van der Waals surface area contributed by atoms with Crippen LogP contribution in [-0.4, -0.2) is 39.2 Å². The normalized spacial score (nSPS) is 16.4. The van der Waals surface area contributed by atoms with Gasteiger partial charge in [-0.3, -0.25) is 4.79 Å². The van der Waals surface area contributed by atoms with Crippen LogP contribution >= 0.6 is 0 Å².